The third kappa shape index (κ3) is 5.12. The summed E-state index contributed by atoms with van der Waals surface area (Å²) in [5.41, 5.74) is 4.31. The van der Waals surface area contributed by atoms with Gasteiger partial charge < -0.3 is 30.3 Å². The Morgan fingerprint density at radius 2 is 1.92 bits per heavy atom. The summed E-state index contributed by atoms with van der Waals surface area (Å²) in [6, 6.07) is 0. The first kappa shape index (κ1) is 26.5. The lowest BCUT2D eigenvalue weighted by Gasteiger charge is -2.21. The number of halogens is 1. The predicted octanol–water partition coefficient (Wildman–Crippen LogP) is -1.47. The Balaban J connectivity index is 1.22. The maximum Gasteiger partial charge on any atom is 0.472 e. The number of nitrogens with two attached hydrogens (primary N) is 1. The SMILES string of the molecule is Nc1ncnc2c1ncn2[C@@H]1C[C@@H](OP(=O)(O)OC[C@H]2O[C@@H](n3cc(F)c(=O)[nH]c3=O)C[C@@H]2O)[C@H](CO)O1. The molecule has 5 heterocycles. The number of hydrogen-bond acceptors (Lipinski definition) is 13. The maximum absolute atomic E-state index is 13.6. The standard InChI is InChI=1S/C19H23FN7O10P/c20-8-3-26(19(31)25-18(8)30)13-1-9(29)12(36-13)5-34-38(32,33)37-10-2-14(35-11(10)4-28)27-7-24-15-16(21)22-6-23-17(15)27/h3,6-7,9-14,28-29H,1-2,4-5H2,(H,32,33)(H2,21,22,23)(H,25,30,31)/t9-,10+,11-,12+,13+,14-/m0/s1. The van der Waals surface area contributed by atoms with Gasteiger partial charge in [0.25, 0.3) is 5.56 Å². The van der Waals surface area contributed by atoms with Crippen molar-refractivity contribution in [3.63, 3.8) is 0 Å². The van der Waals surface area contributed by atoms with Gasteiger partial charge in [0.15, 0.2) is 11.5 Å². The molecule has 2 aliphatic heterocycles. The van der Waals surface area contributed by atoms with Gasteiger partial charge in [0.05, 0.1) is 31.8 Å². The summed E-state index contributed by atoms with van der Waals surface area (Å²) in [7, 11) is -4.77. The highest BCUT2D eigenvalue weighted by atomic mass is 31.2. The van der Waals surface area contributed by atoms with Gasteiger partial charge in [-0.15, -0.1) is 0 Å². The van der Waals surface area contributed by atoms with Gasteiger partial charge in [-0.2, -0.15) is 4.39 Å². The topological polar surface area (TPSA) is 239 Å². The molecule has 0 amide bonds. The number of phosphoric ester groups is 1. The summed E-state index contributed by atoms with van der Waals surface area (Å²) in [6.45, 7) is -1.17. The van der Waals surface area contributed by atoms with Crippen LogP contribution in [0.1, 0.15) is 25.3 Å². The second-order valence-corrected chi connectivity index (χ2v) is 10.0. The smallest absolute Gasteiger partial charge is 0.394 e. The van der Waals surface area contributed by atoms with Crippen molar-refractivity contribution in [2.45, 2.75) is 49.7 Å². The number of fused-ring (bicyclic) bond motifs is 1. The molecule has 0 aliphatic carbocycles. The summed E-state index contributed by atoms with van der Waals surface area (Å²) in [4.78, 5) is 47.4. The Hall–Kier alpha value is -3.09. The first-order valence-corrected chi connectivity index (χ1v) is 12.8. The zero-order valence-electron chi connectivity index (χ0n) is 19.4. The number of phosphoric acid groups is 1. The second-order valence-electron chi connectivity index (χ2n) is 8.61. The molecule has 2 aliphatic rings. The minimum atomic E-state index is -4.77. The lowest BCUT2D eigenvalue weighted by molar-refractivity contribution is -0.0568. The van der Waals surface area contributed by atoms with Gasteiger partial charge in [-0.25, -0.2) is 24.3 Å². The van der Waals surface area contributed by atoms with E-state index in [4.69, 9.17) is 24.3 Å². The molecule has 0 saturated carbocycles. The Morgan fingerprint density at radius 3 is 2.68 bits per heavy atom. The number of ether oxygens (including phenoxy) is 2. The molecule has 3 aromatic rings. The molecule has 38 heavy (non-hydrogen) atoms. The molecule has 2 fully saturated rings. The van der Waals surface area contributed by atoms with Crippen LogP contribution in [0.15, 0.2) is 28.4 Å². The normalized spacial score (nSPS) is 29.2. The number of aliphatic hydroxyl groups is 2. The minimum absolute atomic E-state index is 0.0137. The number of hydrogen-bond donors (Lipinski definition) is 5. The van der Waals surface area contributed by atoms with E-state index in [9.17, 15) is 33.7 Å². The molecule has 7 atom stereocenters. The Morgan fingerprint density at radius 1 is 1.18 bits per heavy atom. The van der Waals surface area contributed by atoms with Crippen molar-refractivity contribution < 1.29 is 42.6 Å². The average molecular weight is 559 g/mol. The fourth-order valence-electron chi connectivity index (χ4n) is 4.31. The molecule has 5 rings (SSSR count). The van der Waals surface area contributed by atoms with Crippen molar-refractivity contribution in [3.05, 3.63) is 45.5 Å². The van der Waals surface area contributed by atoms with Gasteiger partial charge in [-0.1, -0.05) is 0 Å². The Labute approximate surface area is 211 Å². The van der Waals surface area contributed by atoms with E-state index < -0.39 is 75.0 Å². The first-order chi connectivity index (χ1) is 18.1. The van der Waals surface area contributed by atoms with E-state index in [1.165, 1.54) is 17.2 Å². The molecule has 17 nitrogen and oxygen atoms in total. The molecule has 1 unspecified atom stereocenters. The highest BCUT2D eigenvalue weighted by Crippen LogP contribution is 2.49. The van der Waals surface area contributed by atoms with Crippen LogP contribution in [0.4, 0.5) is 10.2 Å². The number of nitrogens with zero attached hydrogens (tertiary/aromatic N) is 5. The Bertz CT molecular complexity index is 1500. The Kier molecular flexibility index (Phi) is 7.14. The van der Waals surface area contributed by atoms with E-state index in [2.05, 4.69) is 15.0 Å². The lowest BCUT2D eigenvalue weighted by atomic mass is 10.2. The third-order valence-corrected chi connectivity index (χ3v) is 7.18. The number of aromatic nitrogens is 6. The van der Waals surface area contributed by atoms with Crippen LogP contribution < -0.4 is 17.0 Å². The number of rotatable bonds is 8. The van der Waals surface area contributed by atoms with Crippen LogP contribution in [-0.4, -0.2) is 81.8 Å². The summed E-state index contributed by atoms with van der Waals surface area (Å²) in [5, 5.41) is 20.0. The fraction of sp³-hybridized carbons (Fsp3) is 0.526. The molecular weight excluding hydrogens is 536 g/mol. The number of H-pyrrole nitrogens is 1. The molecule has 2 saturated heterocycles. The van der Waals surface area contributed by atoms with E-state index in [0.717, 1.165) is 4.57 Å². The van der Waals surface area contributed by atoms with Crippen molar-refractivity contribution in [2.75, 3.05) is 18.9 Å². The average Bonchev–Trinajstić information content (AvgIpc) is 3.57. The van der Waals surface area contributed by atoms with Gasteiger partial charge in [0.1, 0.15) is 42.6 Å². The minimum Gasteiger partial charge on any atom is -0.394 e. The summed E-state index contributed by atoms with van der Waals surface area (Å²) in [6.07, 6.45) is -3.35. The maximum atomic E-state index is 13.6. The van der Waals surface area contributed by atoms with Crippen molar-refractivity contribution in [2.24, 2.45) is 0 Å². The molecule has 0 bridgehead atoms. The van der Waals surface area contributed by atoms with Crippen LogP contribution in [0.25, 0.3) is 11.2 Å². The molecule has 19 heteroatoms. The molecular formula is C19H23FN7O10P. The van der Waals surface area contributed by atoms with Gasteiger partial charge >= 0.3 is 13.5 Å². The third-order valence-electron chi connectivity index (χ3n) is 6.17. The molecule has 206 valence electrons. The second kappa shape index (κ2) is 10.2. The van der Waals surface area contributed by atoms with Gasteiger partial charge in [-0.05, 0) is 0 Å². The van der Waals surface area contributed by atoms with Crippen LogP contribution in [0.3, 0.4) is 0 Å². The van der Waals surface area contributed by atoms with E-state index in [1.54, 1.807) is 4.98 Å². The number of aliphatic hydroxyl groups excluding tert-OH is 2. The molecule has 6 N–H and O–H groups in total. The predicted molar refractivity (Wildman–Crippen MR) is 122 cm³/mol. The summed E-state index contributed by atoms with van der Waals surface area (Å²) >= 11 is 0. The van der Waals surface area contributed by atoms with Crippen molar-refractivity contribution in [1.82, 2.24) is 29.1 Å². The lowest BCUT2D eigenvalue weighted by Crippen LogP contribution is -2.34. The number of nitrogens with one attached hydrogen (secondary N) is 1. The van der Waals surface area contributed by atoms with Crippen LogP contribution >= 0.6 is 7.82 Å². The fourth-order valence-corrected chi connectivity index (χ4v) is 5.27. The van der Waals surface area contributed by atoms with Crippen LogP contribution in [-0.2, 0) is 23.1 Å². The number of nitrogen functional groups attached to an aromatic ring is 1. The van der Waals surface area contributed by atoms with Crippen LogP contribution in [0, 0.1) is 5.82 Å². The van der Waals surface area contributed by atoms with Crippen molar-refractivity contribution in [3.8, 4) is 0 Å². The molecule has 0 aromatic carbocycles. The highest BCUT2D eigenvalue weighted by Gasteiger charge is 2.43. The molecule has 0 radical (unpaired) electrons. The van der Waals surface area contributed by atoms with E-state index in [1.807, 2.05) is 0 Å². The molecule has 0 spiro atoms. The van der Waals surface area contributed by atoms with Crippen molar-refractivity contribution >= 4 is 24.8 Å². The van der Waals surface area contributed by atoms with E-state index in [-0.39, 0.29) is 18.7 Å². The zero-order valence-corrected chi connectivity index (χ0v) is 20.3. The van der Waals surface area contributed by atoms with Crippen LogP contribution in [0.5, 0.6) is 0 Å². The van der Waals surface area contributed by atoms with E-state index in [0.29, 0.717) is 17.4 Å². The highest BCUT2D eigenvalue weighted by molar-refractivity contribution is 7.47. The van der Waals surface area contributed by atoms with Gasteiger partial charge in [0.2, 0.25) is 5.82 Å². The number of imidazole rings is 1. The quantitative estimate of drug-likeness (QED) is 0.198. The van der Waals surface area contributed by atoms with Gasteiger partial charge in [0, 0.05) is 12.8 Å². The molecule has 3 aromatic heterocycles. The monoisotopic (exact) mass is 559 g/mol. The summed E-state index contributed by atoms with van der Waals surface area (Å²) in [5.74, 6) is -1.08. The zero-order chi connectivity index (χ0) is 27.2. The number of anilines is 1. The van der Waals surface area contributed by atoms with Gasteiger partial charge in [-0.3, -0.25) is 28.0 Å². The summed E-state index contributed by atoms with van der Waals surface area (Å²) < 4.78 is 50.0. The number of aromatic amines is 1. The van der Waals surface area contributed by atoms with Crippen LogP contribution in [0.2, 0.25) is 0 Å². The van der Waals surface area contributed by atoms with E-state index >= 15 is 0 Å². The largest absolute Gasteiger partial charge is 0.472 e. The first-order valence-electron chi connectivity index (χ1n) is 11.3. The van der Waals surface area contributed by atoms with Crippen molar-refractivity contribution in [1.29, 1.82) is 0 Å².